The van der Waals surface area contributed by atoms with Crippen LogP contribution in [-0.2, 0) is 0 Å². The van der Waals surface area contributed by atoms with E-state index in [9.17, 15) is 0 Å². The van der Waals surface area contributed by atoms with Gasteiger partial charge in [-0.25, -0.2) is 0 Å². The lowest BCUT2D eigenvalue weighted by Gasteiger charge is -2.04. The molecule has 68 valence electrons. The van der Waals surface area contributed by atoms with E-state index in [2.05, 4.69) is 25.1 Å². The predicted molar refractivity (Wildman–Crippen MR) is 53.1 cm³/mol. The topological polar surface area (TPSA) is 26.0 Å². The van der Waals surface area contributed by atoms with Crippen molar-refractivity contribution in [2.45, 2.75) is 19.8 Å². The molecule has 2 nitrogen and oxygen atoms in total. The fourth-order valence-corrected chi connectivity index (χ4v) is 1.57. The molecule has 0 saturated heterocycles. The molecule has 0 saturated carbocycles. The van der Waals surface area contributed by atoms with E-state index < -0.39 is 0 Å². The summed E-state index contributed by atoms with van der Waals surface area (Å²) in [6.45, 7) is 4.26. The number of hydrogen-bond donors (Lipinski definition) is 0. The predicted octanol–water partition coefficient (Wildman–Crippen LogP) is 3.60. The number of benzene rings is 1. The van der Waals surface area contributed by atoms with Crippen LogP contribution in [0.25, 0.3) is 11.0 Å². The summed E-state index contributed by atoms with van der Waals surface area (Å²) in [7, 11) is 0. The van der Waals surface area contributed by atoms with Gasteiger partial charge in [-0.15, -0.1) is 0 Å². The second-order valence-electron chi connectivity index (χ2n) is 3.40. The normalized spacial score (nSPS) is 11.4. The van der Waals surface area contributed by atoms with Crippen LogP contribution in [0, 0.1) is 0 Å². The van der Waals surface area contributed by atoms with Gasteiger partial charge in [0.2, 0.25) is 0 Å². The Morgan fingerprint density at radius 2 is 2.15 bits per heavy atom. The smallest absolute Gasteiger partial charge is 0.185 e. The van der Waals surface area contributed by atoms with Crippen molar-refractivity contribution in [1.29, 1.82) is 0 Å². The number of fused-ring (bicyclic) bond motifs is 1. The molecule has 0 N–H and O–H groups in total. The molecule has 1 aromatic carbocycles. The number of rotatable bonds is 1. The molecule has 1 aromatic heterocycles. The maximum Gasteiger partial charge on any atom is 0.185 e. The van der Waals surface area contributed by atoms with E-state index in [0.29, 0.717) is 16.5 Å². The summed E-state index contributed by atoms with van der Waals surface area (Å²) in [6, 6.07) is 3.99. The minimum Gasteiger partial charge on any atom is -0.355 e. The third-order valence-corrected chi connectivity index (χ3v) is 2.38. The molecule has 0 amide bonds. The highest BCUT2D eigenvalue weighted by Gasteiger charge is 2.08. The Labute approximate surface area is 81.5 Å². The van der Waals surface area contributed by atoms with Crippen LogP contribution < -0.4 is 0 Å². The van der Waals surface area contributed by atoms with Crippen LogP contribution in [0.5, 0.6) is 0 Å². The van der Waals surface area contributed by atoms with E-state index >= 15 is 0 Å². The second-order valence-corrected chi connectivity index (χ2v) is 3.81. The molecule has 0 bridgehead atoms. The van der Waals surface area contributed by atoms with Crippen LogP contribution in [-0.4, -0.2) is 5.16 Å². The van der Waals surface area contributed by atoms with Crippen molar-refractivity contribution in [3.05, 3.63) is 28.9 Å². The van der Waals surface area contributed by atoms with E-state index in [0.717, 1.165) is 5.39 Å². The molecule has 0 spiro atoms. The highest BCUT2D eigenvalue weighted by molar-refractivity contribution is 6.34. The van der Waals surface area contributed by atoms with Crippen LogP contribution in [0.1, 0.15) is 25.3 Å². The molecule has 0 atom stereocenters. The van der Waals surface area contributed by atoms with E-state index in [-0.39, 0.29) is 0 Å². The summed E-state index contributed by atoms with van der Waals surface area (Å²) in [4.78, 5) is 0. The molecule has 1 heterocycles. The number of aromatic nitrogens is 1. The Bertz CT molecular complexity index is 433. The second kappa shape index (κ2) is 3.04. The minimum atomic E-state index is 0.469. The lowest BCUT2D eigenvalue weighted by atomic mass is 10.0. The Balaban J connectivity index is 2.70. The molecule has 3 heteroatoms. The monoisotopic (exact) mass is 195 g/mol. The molecule has 0 unspecified atom stereocenters. The van der Waals surface area contributed by atoms with Crippen LogP contribution in [0.2, 0.25) is 5.02 Å². The average molecular weight is 196 g/mol. The molecular formula is C10H10ClNO. The van der Waals surface area contributed by atoms with Gasteiger partial charge in [-0.2, -0.15) is 0 Å². The van der Waals surface area contributed by atoms with Gasteiger partial charge in [-0.1, -0.05) is 30.6 Å². The first-order chi connectivity index (χ1) is 6.18. The van der Waals surface area contributed by atoms with Gasteiger partial charge < -0.3 is 4.52 Å². The highest BCUT2D eigenvalue weighted by Crippen LogP contribution is 2.28. The van der Waals surface area contributed by atoms with Gasteiger partial charge in [0.1, 0.15) is 0 Å². The number of halogens is 1. The number of hydrogen-bond acceptors (Lipinski definition) is 2. The molecule has 0 aliphatic heterocycles. The van der Waals surface area contributed by atoms with Crippen LogP contribution in [0.3, 0.4) is 0 Å². The van der Waals surface area contributed by atoms with Crippen molar-refractivity contribution < 1.29 is 4.52 Å². The zero-order chi connectivity index (χ0) is 9.42. The maximum atomic E-state index is 6.01. The van der Waals surface area contributed by atoms with E-state index in [4.69, 9.17) is 16.1 Å². The first-order valence-electron chi connectivity index (χ1n) is 4.22. The van der Waals surface area contributed by atoms with Crippen molar-refractivity contribution in [2.75, 3.05) is 0 Å². The summed E-state index contributed by atoms with van der Waals surface area (Å²) >= 11 is 6.01. The fraction of sp³-hybridized carbons (Fsp3) is 0.300. The van der Waals surface area contributed by atoms with Crippen molar-refractivity contribution >= 4 is 22.6 Å². The lowest BCUT2D eigenvalue weighted by Crippen LogP contribution is -1.86. The molecule has 13 heavy (non-hydrogen) atoms. The van der Waals surface area contributed by atoms with Gasteiger partial charge in [-0.05, 0) is 23.6 Å². The highest BCUT2D eigenvalue weighted by atomic mass is 35.5. The van der Waals surface area contributed by atoms with Crippen LogP contribution >= 0.6 is 11.6 Å². The Morgan fingerprint density at radius 3 is 2.85 bits per heavy atom. The van der Waals surface area contributed by atoms with Gasteiger partial charge in [-0.3, -0.25) is 0 Å². The Hall–Kier alpha value is -1.02. The summed E-state index contributed by atoms with van der Waals surface area (Å²) in [6.07, 6.45) is 1.69. The molecule has 2 aromatic rings. The molecular weight excluding hydrogens is 186 g/mol. The van der Waals surface area contributed by atoms with Crippen molar-refractivity contribution in [1.82, 2.24) is 5.16 Å². The Morgan fingerprint density at radius 1 is 1.38 bits per heavy atom. The maximum absolute atomic E-state index is 6.01. The summed E-state index contributed by atoms with van der Waals surface area (Å²) in [5, 5.41) is 5.31. The Kier molecular flexibility index (Phi) is 2.00. The SMILES string of the molecule is CC(C)c1cc(Cl)c2oncc2c1. The molecule has 0 aliphatic rings. The van der Waals surface area contributed by atoms with E-state index in [1.54, 1.807) is 6.20 Å². The zero-order valence-electron chi connectivity index (χ0n) is 7.54. The standard InChI is InChI=1S/C10H10ClNO/c1-6(2)7-3-8-5-12-13-10(8)9(11)4-7/h3-6H,1-2H3. The van der Waals surface area contributed by atoms with Crippen LogP contribution in [0.4, 0.5) is 0 Å². The quantitative estimate of drug-likeness (QED) is 0.695. The lowest BCUT2D eigenvalue weighted by molar-refractivity contribution is 0.456. The van der Waals surface area contributed by atoms with E-state index in [1.165, 1.54) is 5.56 Å². The zero-order valence-corrected chi connectivity index (χ0v) is 8.30. The van der Waals surface area contributed by atoms with Crippen molar-refractivity contribution in [2.24, 2.45) is 0 Å². The molecule has 0 fully saturated rings. The molecule has 0 radical (unpaired) electrons. The summed E-state index contributed by atoms with van der Waals surface area (Å²) in [5.74, 6) is 0.469. The first kappa shape index (κ1) is 8.57. The van der Waals surface area contributed by atoms with Crippen molar-refractivity contribution in [3.8, 4) is 0 Å². The van der Waals surface area contributed by atoms with E-state index in [1.807, 2.05) is 6.07 Å². The van der Waals surface area contributed by atoms with Crippen molar-refractivity contribution in [3.63, 3.8) is 0 Å². The summed E-state index contributed by atoms with van der Waals surface area (Å²) < 4.78 is 5.00. The van der Waals surface area contributed by atoms with Crippen LogP contribution in [0.15, 0.2) is 22.9 Å². The molecule has 0 aliphatic carbocycles. The minimum absolute atomic E-state index is 0.469. The number of nitrogens with zero attached hydrogens (tertiary/aromatic N) is 1. The van der Waals surface area contributed by atoms with Gasteiger partial charge in [0.25, 0.3) is 0 Å². The third-order valence-electron chi connectivity index (χ3n) is 2.10. The molecule has 2 rings (SSSR count). The van der Waals surface area contributed by atoms with Gasteiger partial charge in [0, 0.05) is 5.39 Å². The first-order valence-corrected chi connectivity index (χ1v) is 4.60. The average Bonchev–Trinajstić information content (AvgIpc) is 2.51. The van der Waals surface area contributed by atoms with Gasteiger partial charge >= 0.3 is 0 Å². The van der Waals surface area contributed by atoms with Gasteiger partial charge in [0.05, 0.1) is 11.2 Å². The fourth-order valence-electron chi connectivity index (χ4n) is 1.30. The summed E-state index contributed by atoms with van der Waals surface area (Å²) in [5.41, 5.74) is 1.88. The largest absolute Gasteiger partial charge is 0.355 e. The van der Waals surface area contributed by atoms with Gasteiger partial charge in [0.15, 0.2) is 5.58 Å². The third kappa shape index (κ3) is 1.42.